The van der Waals surface area contributed by atoms with E-state index >= 15 is 0 Å². The summed E-state index contributed by atoms with van der Waals surface area (Å²) in [6.07, 6.45) is 5.04. The molecule has 1 atom stereocenters. The molecule has 2 heteroatoms. The summed E-state index contributed by atoms with van der Waals surface area (Å²) in [6, 6.07) is 5.77. The highest BCUT2D eigenvalue weighted by atomic mass is 16.5. The van der Waals surface area contributed by atoms with Crippen LogP contribution >= 0.6 is 0 Å². The Hall–Kier alpha value is -1.02. The summed E-state index contributed by atoms with van der Waals surface area (Å²) in [7, 11) is 0. The van der Waals surface area contributed by atoms with Gasteiger partial charge in [0.25, 0.3) is 0 Å². The van der Waals surface area contributed by atoms with Crippen molar-refractivity contribution >= 4 is 0 Å². The quantitative estimate of drug-likeness (QED) is 0.843. The minimum Gasteiger partial charge on any atom is -0.493 e. The molecular weight excluding hydrogens is 210 g/mol. The van der Waals surface area contributed by atoms with Crippen molar-refractivity contribution in [1.29, 1.82) is 0 Å². The summed E-state index contributed by atoms with van der Waals surface area (Å²) >= 11 is 0. The van der Waals surface area contributed by atoms with E-state index in [1.54, 1.807) is 0 Å². The van der Waals surface area contributed by atoms with Crippen molar-refractivity contribution in [1.82, 2.24) is 5.32 Å². The number of hydrogen-bond acceptors (Lipinski definition) is 2. The standard InChI is InChI=1S/C15H21NO/c1-10-8-11(2)15-13(9-10)14(4-3-7-17-15)16-12-5-6-12/h8-9,12,14,16H,3-7H2,1-2H3. The summed E-state index contributed by atoms with van der Waals surface area (Å²) < 4.78 is 5.93. The van der Waals surface area contributed by atoms with E-state index in [-0.39, 0.29) is 0 Å². The first-order valence-corrected chi connectivity index (χ1v) is 6.74. The molecule has 92 valence electrons. The number of aryl methyl sites for hydroxylation is 2. The normalized spacial score (nSPS) is 23.8. The van der Waals surface area contributed by atoms with Crippen molar-refractivity contribution in [3.8, 4) is 5.75 Å². The number of rotatable bonds is 2. The number of nitrogens with one attached hydrogen (secondary N) is 1. The zero-order valence-corrected chi connectivity index (χ0v) is 10.8. The number of ether oxygens (including phenoxy) is 1. The maximum atomic E-state index is 5.93. The SMILES string of the molecule is Cc1cc(C)c2c(c1)C(NC1CC1)CCCO2. The Morgan fingerprint density at radius 3 is 2.76 bits per heavy atom. The minimum atomic E-state index is 0.499. The van der Waals surface area contributed by atoms with E-state index in [0.717, 1.165) is 24.8 Å². The third-order valence-electron chi connectivity index (χ3n) is 3.72. The van der Waals surface area contributed by atoms with Crippen LogP contribution in [0.4, 0.5) is 0 Å². The van der Waals surface area contributed by atoms with Crippen LogP contribution in [-0.2, 0) is 0 Å². The topological polar surface area (TPSA) is 21.3 Å². The minimum absolute atomic E-state index is 0.499. The fourth-order valence-corrected chi connectivity index (χ4v) is 2.77. The van der Waals surface area contributed by atoms with Gasteiger partial charge in [-0.15, -0.1) is 0 Å². The third-order valence-corrected chi connectivity index (χ3v) is 3.72. The first-order valence-electron chi connectivity index (χ1n) is 6.74. The molecule has 0 spiro atoms. The number of hydrogen-bond donors (Lipinski definition) is 1. The van der Waals surface area contributed by atoms with Crippen LogP contribution in [0.25, 0.3) is 0 Å². The van der Waals surface area contributed by atoms with Gasteiger partial charge < -0.3 is 10.1 Å². The molecule has 1 heterocycles. The van der Waals surface area contributed by atoms with Crippen LogP contribution in [0.3, 0.4) is 0 Å². The van der Waals surface area contributed by atoms with Gasteiger partial charge in [0, 0.05) is 17.6 Å². The van der Waals surface area contributed by atoms with E-state index in [1.807, 2.05) is 0 Å². The maximum absolute atomic E-state index is 5.93. The van der Waals surface area contributed by atoms with Gasteiger partial charge in [-0.3, -0.25) is 0 Å². The maximum Gasteiger partial charge on any atom is 0.126 e. The zero-order chi connectivity index (χ0) is 11.8. The lowest BCUT2D eigenvalue weighted by atomic mass is 9.97. The van der Waals surface area contributed by atoms with E-state index in [2.05, 4.69) is 31.3 Å². The van der Waals surface area contributed by atoms with Crippen LogP contribution in [0, 0.1) is 13.8 Å². The molecule has 1 saturated carbocycles. The molecule has 0 aromatic heterocycles. The average Bonchev–Trinajstić information content (AvgIpc) is 3.08. The molecule has 1 fully saturated rings. The molecule has 1 aliphatic carbocycles. The lowest BCUT2D eigenvalue weighted by Crippen LogP contribution is -2.23. The lowest BCUT2D eigenvalue weighted by molar-refractivity contribution is 0.313. The molecule has 2 nitrogen and oxygen atoms in total. The Morgan fingerprint density at radius 1 is 1.18 bits per heavy atom. The molecule has 0 bridgehead atoms. The molecule has 1 N–H and O–H groups in total. The Kier molecular flexibility index (Phi) is 2.83. The fourth-order valence-electron chi connectivity index (χ4n) is 2.77. The van der Waals surface area contributed by atoms with Gasteiger partial charge in [0.1, 0.15) is 5.75 Å². The van der Waals surface area contributed by atoms with E-state index in [9.17, 15) is 0 Å². The summed E-state index contributed by atoms with van der Waals surface area (Å²) in [4.78, 5) is 0. The molecule has 3 rings (SSSR count). The second kappa shape index (κ2) is 4.34. The lowest BCUT2D eigenvalue weighted by Gasteiger charge is -2.20. The fraction of sp³-hybridized carbons (Fsp3) is 0.600. The zero-order valence-electron chi connectivity index (χ0n) is 10.8. The summed E-state index contributed by atoms with van der Waals surface area (Å²) in [5, 5.41) is 3.76. The monoisotopic (exact) mass is 231 g/mol. The summed E-state index contributed by atoms with van der Waals surface area (Å²) in [6.45, 7) is 5.19. The molecular formula is C15H21NO. The number of benzene rings is 1. The van der Waals surface area contributed by atoms with Crippen molar-refractivity contribution in [2.75, 3.05) is 6.61 Å². The van der Waals surface area contributed by atoms with Gasteiger partial charge in [-0.1, -0.05) is 17.7 Å². The molecule has 17 heavy (non-hydrogen) atoms. The Morgan fingerprint density at radius 2 is 2.00 bits per heavy atom. The Balaban J connectivity index is 1.97. The highest BCUT2D eigenvalue weighted by Gasteiger charge is 2.28. The highest BCUT2D eigenvalue weighted by molar-refractivity contribution is 5.46. The van der Waals surface area contributed by atoms with Gasteiger partial charge in [0.05, 0.1) is 6.61 Å². The molecule has 0 radical (unpaired) electrons. The van der Waals surface area contributed by atoms with Crippen molar-refractivity contribution < 1.29 is 4.74 Å². The van der Waals surface area contributed by atoms with Crippen LogP contribution < -0.4 is 10.1 Å². The van der Waals surface area contributed by atoms with Crippen molar-refractivity contribution in [2.24, 2.45) is 0 Å². The van der Waals surface area contributed by atoms with E-state index in [4.69, 9.17) is 4.74 Å². The third kappa shape index (κ3) is 2.32. The Bertz CT molecular complexity index is 423. The van der Waals surface area contributed by atoms with Gasteiger partial charge in [0.2, 0.25) is 0 Å². The van der Waals surface area contributed by atoms with Crippen molar-refractivity contribution in [3.63, 3.8) is 0 Å². The highest BCUT2D eigenvalue weighted by Crippen LogP contribution is 2.37. The van der Waals surface area contributed by atoms with Crippen LogP contribution in [0.15, 0.2) is 12.1 Å². The molecule has 1 aliphatic heterocycles. The van der Waals surface area contributed by atoms with E-state index in [1.165, 1.54) is 36.0 Å². The molecule has 0 amide bonds. The van der Waals surface area contributed by atoms with E-state index < -0.39 is 0 Å². The summed E-state index contributed by atoms with van der Waals surface area (Å²) in [5.41, 5.74) is 4.01. The average molecular weight is 231 g/mol. The Labute approximate surface area is 103 Å². The van der Waals surface area contributed by atoms with Crippen molar-refractivity contribution in [3.05, 3.63) is 28.8 Å². The van der Waals surface area contributed by atoms with Gasteiger partial charge in [0.15, 0.2) is 0 Å². The summed E-state index contributed by atoms with van der Waals surface area (Å²) in [5.74, 6) is 1.13. The van der Waals surface area contributed by atoms with Gasteiger partial charge in [-0.05, 0) is 45.1 Å². The van der Waals surface area contributed by atoms with Crippen LogP contribution in [-0.4, -0.2) is 12.6 Å². The molecule has 1 unspecified atom stereocenters. The van der Waals surface area contributed by atoms with Gasteiger partial charge in [-0.2, -0.15) is 0 Å². The molecule has 1 aromatic rings. The van der Waals surface area contributed by atoms with Crippen LogP contribution in [0.5, 0.6) is 5.75 Å². The largest absolute Gasteiger partial charge is 0.493 e. The first-order chi connectivity index (χ1) is 8.24. The number of fused-ring (bicyclic) bond motifs is 1. The van der Waals surface area contributed by atoms with Gasteiger partial charge >= 0.3 is 0 Å². The van der Waals surface area contributed by atoms with Crippen LogP contribution in [0.1, 0.15) is 48.4 Å². The van der Waals surface area contributed by atoms with Crippen molar-refractivity contribution in [2.45, 2.75) is 51.6 Å². The first kappa shape index (κ1) is 11.1. The molecule has 0 saturated heterocycles. The molecule has 1 aromatic carbocycles. The predicted octanol–water partition coefficient (Wildman–Crippen LogP) is 3.27. The smallest absolute Gasteiger partial charge is 0.126 e. The van der Waals surface area contributed by atoms with Gasteiger partial charge in [-0.25, -0.2) is 0 Å². The van der Waals surface area contributed by atoms with E-state index in [0.29, 0.717) is 6.04 Å². The molecule has 2 aliphatic rings. The second-order valence-electron chi connectivity index (χ2n) is 5.48. The predicted molar refractivity (Wildman–Crippen MR) is 69.5 cm³/mol. The van der Waals surface area contributed by atoms with Crippen LogP contribution in [0.2, 0.25) is 0 Å². The second-order valence-corrected chi connectivity index (χ2v) is 5.48.